The van der Waals surface area contributed by atoms with Crippen molar-refractivity contribution in [1.29, 1.82) is 0 Å². The molecule has 2 unspecified atom stereocenters. The highest BCUT2D eigenvalue weighted by molar-refractivity contribution is 5.75. The van der Waals surface area contributed by atoms with Crippen LogP contribution in [0.2, 0.25) is 0 Å². The van der Waals surface area contributed by atoms with Crippen LogP contribution in [0.25, 0.3) is 0 Å². The maximum absolute atomic E-state index is 12.1. The molecule has 0 amide bonds. The summed E-state index contributed by atoms with van der Waals surface area (Å²) >= 11 is 0. The molecule has 0 fully saturated rings. The van der Waals surface area contributed by atoms with E-state index in [1.807, 2.05) is 0 Å². The van der Waals surface area contributed by atoms with Gasteiger partial charge in [-0.05, 0) is 38.0 Å². The molecule has 0 rings (SSSR count). The first-order valence-corrected chi connectivity index (χ1v) is 11.7. The number of rotatable bonds is 19. The monoisotopic (exact) mass is 382 g/mol. The molecule has 0 saturated heterocycles. The first-order valence-electron chi connectivity index (χ1n) is 11.7. The number of unbranched alkanes of at least 4 members (excludes halogenated alkanes) is 7. The van der Waals surface area contributed by atoms with Crippen molar-refractivity contribution in [2.75, 3.05) is 6.61 Å². The van der Waals surface area contributed by atoms with Gasteiger partial charge in [-0.1, -0.05) is 85.0 Å². The van der Waals surface area contributed by atoms with Crippen LogP contribution in [0.5, 0.6) is 0 Å². The number of Topliss-reactive ketones (excluding diaryl/α,β-unsaturated/α-hetero) is 1. The molecular formula is C24H46O3. The molecule has 0 aliphatic rings. The molecule has 2 atom stereocenters. The fourth-order valence-corrected chi connectivity index (χ4v) is 3.54. The summed E-state index contributed by atoms with van der Waals surface area (Å²) in [7, 11) is 0. The molecule has 0 aromatic rings. The van der Waals surface area contributed by atoms with Crippen LogP contribution in [0.4, 0.5) is 0 Å². The summed E-state index contributed by atoms with van der Waals surface area (Å²) in [6.07, 6.45) is 16.7. The lowest BCUT2D eigenvalue weighted by Gasteiger charge is -2.17. The number of ketones is 1. The van der Waals surface area contributed by atoms with Gasteiger partial charge in [-0.15, -0.1) is 0 Å². The van der Waals surface area contributed by atoms with Gasteiger partial charge in [0.05, 0.1) is 6.61 Å². The average molecular weight is 383 g/mol. The summed E-state index contributed by atoms with van der Waals surface area (Å²) in [4.78, 5) is 23.0. The normalized spacial score (nSPS) is 13.3. The highest BCUT2D eigenvalue weighted by Crippen LogP contribution is 2.20. The molecule has 0 aromatic carbocycles. The van der Waals surface area contributed by atoms with Crippen molar-refractivity contribution in [2.45, 2.75) is 124 Å². The Kier molecular flexibility index (Phi) is 17.9. The summed E-state index contributed by atoms with van der Waals surface area (Å²) in [5.41, 5.74) is 0. The van der Waals surface area contributed by atoms with Gasteiger partial charge in [0, 0.05) is 12.8 Å². The standard InChI is InChI=1S/C24H46O3/c1-5-8-17-23(7-3)20-27-24(26)19-22(6-2)18-15-13-11-9-10-12-14-16-21(4)25/h22-23H,5-20H2,1-4H3. The van der Waals surface area contributed by atoms with E-state index < -0.39 is 0 Å². The molecule has 0 spiro atoms. The number of ether oxygens (including phenoxy) is 1. The molecule has 0 saturated carbocycles. The molecule has 0 aromatic heterocycles. The van der Waals surface area contributed by atoms with Gasteiger partial charge in [-0.2, -0.15) is 0 Å². The highest BCUT2D eigenvalue weighted by atomic mass is 16.5. The van der Waals surface area contributed by atoms with E-state index in [0.717, 1.165) is 32.1 Å². The second kappa shape index (κ2) is 18.5. The topological polar surface area (TPSA) is 43.4 Å². The van der Waals surface area contributed by atoms with Gasteiger partial charge in [0.25, 0.3) is 0 Å². The Labute approximate surface area is 169 Å². The van der Waals surface area contributed by atoms with Crippen molar-refractivity contribution in [3.8, 4) is 0 Å². The molecule has 0 radical (unpaired) electrons. The molecule has 0 bridgehead atoms. The zero-order chi connectivity index (χ0) is 20.3. The van der Waals surface area contributed by atoms with Gasteiger partial charge in [0.2, 0.25) is 0 Å². The SMILES string of the molecule is CCCCC(CC)COC(=O)CC(CC)CCCCCCCCCC(C)=O. The Hall–Kier alpha value is -0.860. The van der Waals surface area contributed by atoms with Crippen LogP contribution >= 0.6 is 0 Å². The Morgan fingerprint density at radius 3 is 1.85 bits per heavy atom. The van der Waals surface area contributed by atoms with Crippen LogP contribution < -0.4 is 0 Å². The molecule has 0 heterocycles. The molecule has 3 heteroatoms. The third kappa shape index (κ3) is 17.0. The Bertz CT molecular complexity index is 365. The van der Waals surface area contributed by atoms with E-state index in [2.05, 4.69) is 20.8 Å². The fourth-order valence-electron chi connectivity index (χ4n) is 3.54. The van der Waals surface area contributed by atoms with Crippen molar-refractivity contribution in [1.82, 2.24) is 0 Å². The summed E-state index contributed by atoms with van der Waals surface area (Å²) in [6, 6.07) is 0. The molecule has 0 aliphatic heterocycles. The maximum Gasteiger partial charge on any atom is 0.306 e. The van der Waals surface area contributed by atoms with Crippen LogP contribution in [-0.2, 0) is 14.3 Å². The molecule has 3 nitrogen and oxygen atoms in total. The fraction of sp³-hybridized carbons (Fsp3) is 0.917. The van der Waals surface area contributed by atoms with Crippen LogP contribution in [0, 0.1) is 11.8 Å². The Morgan fingerprint density at radius 2 is 1.30 bits per heavy atom. The van der Waals surface area contributed by atoms with E-state index in [4.69, 9.17) is 4.74 Å². The van der Waals surface area contributed by atoms with E-state index in [9.17, 15) is 9.59 Å². The van der Waals surface area contributed by atoms with Crippen LogP contribution in [0.1, 0.15) is 124 Å². The predicted molar refractivity (Wildman–Crippen MR) is 115 cm³/mol. The number of hydrogen-bond acceptors (Lipinski definition) is 3. The Balaban J connectivity index is 3.72. The summed E-state index contributed by atoms with van der Waals surface area (Å²) in [5.74, 6) is 1.32. The lowest BCUT2D eigenvalue weighted by Crippen LogP contribution is -2.16. The minimum Gasteiger partial charge on any atom is -0.465 e. The smallest absolute Gasteiger partial charge is 0.306 e. The third-order valence-corrected chi connectivity index (χ3v) is 5.70. The van der Waals surface area contributed by atoms with E-state index in [0.29, 0.717) is 30.6 Å². The van der Waals surface area contributed by atoms with Gasteiger partial charge in [-0.3, -0.25) is 4.79 Å². The van der Waals surface area contributed by atoms with E-state index >= 15 is 0 Å². The minimum absolute atomic E-state index is 0.00210. The third-order valence-electron chi connectivity index (χ3n) is 5.70. The lowest BCUT2D eigenvalue weighted by atomic mass is 9.94. The number of carbonyl (C=O) groups is 2. The van der Waals surface area contributed by atoms with E-state index in [-0.39, 0.29) is 5.97 Å². The van der Waals surface area contributed by atoms with Gasteiger partial charge < -0.3 is 9.53 Å². The highest BCUT2D eigenvalue weighted by Gasteiger charge is 2.15. The summed E-state index contributed by atoms with van der Waals surface area (Å²) < 4.78 is 5.56. The van der Waals surface area contributed by atoms with Crippen LogP contribution in [0.15, 0.2) is 0 Å². The zero-order valence-electron chi connectivity index (χ0n) is 18.7. The van der Waals surface area contributed by atoms with Gasteiger partial charge in [0.1, 0.15) is 5.78 Å². The summed E-state index contributed by atoms with van der Waals surface area (Å²) in [5, 5.41) is 0. The molecule has 160 valence electrons. The van der Waals surface area contributed by atoms with Crippen molar-refractivity contribution in [2.24, 2.45) is 11.8 Å². The first-order chi connectivity index (χ1) is 13.0. The molecule has 0 N–H and O–H groups in total. The minimum atomic E-state index is 0.00210. The second-order valence-electron chi connectivity index (χ2n) is 8.29. The Morgan fingerprint density at radius 1 is 0.741 bits per heavy atom. The molecule has 0 aliphatic carbocycles. The summed E-state index contributed by atoms with van der Waals surface area (Å²) in [6.45, 7) is 8.86. The van der Waals surface area contributed by atoms with Crippen molar-refractivity contribution < 1.29 is 14.3 Å². The number of hydrogen-bond donors (Lipinski definition) is 0. The average Bonchev–Trinajstić information content (AvgIpc) is 2.65. The first kappa shape index (κ1) is 26.1. The molecular weight excluding hydrogens is 336 g/mol. The van der Waals surface area contributed by atoms with Gasteiger partial charge in [-0.25, -0.2) is 0 Å². The zero-order valence-corrected chi connectivity index (χ0v) is 18.7. The second-order valence-corrected chi connectivity index (χ2v) is 8.29. The number of carbonyl (C=O) groups excluding carboxylic acids is 2. The number of esters is 1. The van der Waals surface area contributed by atoms with Crippen molar-refractivity contribution in [3.05, 3.63) is 0 Å². The van der Waals surface area contributed by atoms with Crippen molar-refractivity contribution >= 4 is 11.8 Å². The molecule has 27 heavy (non-hydrogen) atoms. The maximum atomic E-state index is 12.1. The van der Waals surface area contributed by atoms with Gasteiger partial charge in [0.15, 0.2) is 0 Å². The lowest BCUT2D eigenvalue weighted by molar-refractivity contribution is -0.146. The predicted octanol–water partition coefficient (Wildman–Crippen LogP) is 7.26. The van der Waals surface area contributed by atoms with Crippen LogP contribution in [0.3, 0.4) is 0 Å². The van der Waals surface area contributed by atoms with Gasteiger partial charge >= 0.3 is 5.97 Å². The largest absolute Gasteiger partial charge is 0.465 e. The van der Waals surface area contributed by atoms with E-state index in [1.54, 1.807) is 6.92 Å². The quantitative estimate of drug-likeness (QED) is 0.174. The van der Waals surface area contributed by atoms with Crippen LogP contribution in [-0.4, -0.2) is 18.4 Å². The van der Waals surface area contributed by atoms with Crippen molar-refractivity contribution in [3.63, 3.8) is 0 Å². The van der Waals surface area contributed by atoms with E-state index in [1.165, 1.54) is 57.8 Å².